The quantitative estimate of drug-likeness (QED) is 0.617. The van der Waals surface area contributed by atoms with Gasteiger partial charge in [0.1, 0.15) is 5.76 Å². The lowest BCUT2D eigenvalue weighted by Gasteiger charge is -2.21. The zero-order chi connectivity index (χ0) is 15.3. The topological polar surface area (TPSA) is 73.1 Å². The Morgan fingerprint density at radius 1 is 1.40 bits per heavy atom. The van der Waals surface area contributed by atoms with Crippen LogP contribution >= 0.6 is 0 Å². The summed E-state index contributed by atoms with van der Waals surface area (Å²) in [6.07, 6.45) is 3.06. The van der Waals surface area contributed by atoms with Crippen LogP contribution in [0.1, 0.15) is 51.8 Å². The second-order valence-corrected chi connectivity index (χ2v) is 5.01. The maximum absolute atomic E-state index is 10.1. The molecule has 5 nitrogen and oxygen atoms in total. The number of nitrogens with zero attached hydrogens (tertiary/aromatic N) is 3. The molecule has 0 radical (unpaired) electrons. The molecule has 1 heterocycles. The van der Waals surface area contributed by atoms with Crippen molar-refractivity contribution in [3.63, 3.8) is 0 Å². The molecular formula is C15H24N4O. The highest BCUT2D eigenvalue weighted by Gasteiger charge is 2.16. The summed E-state index contributed by atoms with van der Waals surface area (Å²) in [5.74, 6) is 0.901. The predicted molar refractivity (Wildman–Crippen MR) is 83.7 cm³/mol. The van der Waals surface area contributed by atoms with Gasteiger partial charge in [-0.25, -0.2) is 9.97 Å². The van der Waals surface area contributed by atoms with Gasteiger partial charge in [0.25, 0.3) is 0 Å². The molecule has 0 aromatic carbocycles. The lowest BCUT2D eigenvalue weighted by Crippen LogP contribution is -2.25. The number of allylic oxidation sites excluding steroid dienone is 1. The van der Waals surface area contributed by atoms with Crippen LogP contribution < -0.4 is 4.90 Å². The Morgan fingerprint density at radius 2 is 2.00 bits per heavy atom. The van der Waals surface area contributed by atoms with Crippen LogP contribution in [0, 0.1) is 5.41 Å². The molecule has 0 atom stereocenters. The smallest absolute Gasteiger partial charge is 0.225 e. The van der Waals surface area contributed by atoms with Crippen LogP contribution in [0.3, 0.4) is 0 Å². The maximum atomic E-state index is 10.1. The highest BCUT2D eigenvalue weighted by molar-refractivity contribution is 5.95. The van der Waals surface area contributed by atoms with E-state index in [4.69, 9.17) is 5.41 Å². The lowest BCUT2D eigenvalue weighted by molar-refractivity contribution is 0.509. The molecule has 0 aliphatic heterocycles. The number of rotatable bonds is 6. The molecule has 0 amide bonds. The standard InChI is InChI=1S/C15H24N4O/c1-6-19(7-2)15-17-9-12(13(20)8-11(5)16)14(18-15)10(3)4/h8-10,16,20H,6-7H2,1-5H3/b13-8-,16-11?. The number of nitrogens with one attached hydrogen (secondary N) is 1. The summed E-state index contributed by atoms with van der Waals surface area (Å²) >= 11 is 0. The van der Waals surface area contributed by atoms with Crippen molar-refractivity contribution in [2.24, 2.45) is 0 Å². The van der Waals surface area contributed by atoms with Crippen molar-refractivity contribution < 1.29 is 5.11 Å². The Bertz CT molecular complexity index is 505. The molecule has 0 aliphatic rings. The van der Waals surface area contributed by atoms with Gasteiger partial charge in [-0.3, -0.25) is 0 Å². The summed E-state index contributed by atoms with van der Waals surface area (Å²) in [6.45, 7) is 11.5. The normalized spacial score (nSPS) is 11.8. The van der Waals surface area contributed by atoms with E-state index in [1.165, 1.54) is 6.08 Å². The first-order valence-electron chi connectivity index (χ1n) is 6.98. The third-order valence-electron chi connectivity index (χ3n) is 3.03. The van der Waals surface area contributed by atoms with Gasteiger partial charge < -0.3 is 15.4 Å². The fourth-order valence-electron chi connectivity index (χ4n) is 1.96. The van der Waals surface area contributed by atoms with Crippen molar-refractivity contribution in [1.29, 1.82) is 5.41 Å². The van der Waals surface area contributed by atoms with E-state index in [1.54, 1.807) is 13.1 Å². The molecule has 0 unspecified atom stereocenters. The van der Waals surface area contributed by atoms with E-state index >= 15 is 0 Å². The summed E-state index contributed by atoms with van der Waals surface area (Å²) in [5.41, 5.74) is 1.70. The molecule has 0 bridgehead atoms. The largest absolute Gasteiger partial charge is 0.507 e. The first-order valence-corrected chi connectivity index (χ1v) is 6.98. The van der Waals surface area contributed by atoms with Crippen molar-refractivity contribution in [3.8, 4) is 0 Å². The van der Waals surface area contributed by atoms with Crippen LogP contribution in [0.25, 0.3) is 5.76 Å². The minimum absolute atomic E-state index is 0.0484. The van der Waals surface area contributed by atoms with Gasteiger partial charge in [0, 0.05) is 31.1 Å². The first kappa shape index (κ1) is 16.1. The van der Waals surface area contributed by atoms with E-state index < -0.39 is 0 Å². The van der Waals surface area contributed by atoms with Gasteiger partial charge in [-0.05, 0) is 26.7 Å². The van der Waals surface area contributed by atoms with Gasteiger partial charge in [0.15, 0.2) is 0 Å². The molecule has 1 aromatic heterocycles. The van der Waals surface area contributed by atoms with E-state index in [1.807, 2.05) is 13.8 Å². The molecule has 110 valence electrons. The molecule has 2 N–H and O–H groups in total. The number of anilines is 1. The summed E-state index contributed by atoms with van der Waals surface area (Å²) in [7, 11) is 0. The fourth-order valence-corrected chi connectivity index (χ4v) is 1.96. The Kier molecular flexibility index (Phi) is 5.67. The number of aliphatic hydroxyl groups excluding tert-OH is 1. The Labute approximate surface area is 120 Å². The highest BCUT2D eigenvalue weighted by atomic mass is 16.3. The molecule has 20 heavy (non-hydrogen) atoms. The zero-order valence-corrected chi connectivity index (χ0v) is 12.9. The minimum atomic E-state index is 0.0484. The minimum Gasteiger partial charge on any atom is -0.507 e. The molecule has 1 aromatic rings. The Balaban J connectivity index is 3.31. The second kappa shape index (κ2) is 7.03. The molecule has 1 rings (SSSR count). The summed E-state index contributed by atoms with van der Waals surface area (Å²) in [6, 6.07) is 0. The molecule has 0 saturated carbocycles. The van der Waals surface area contributed by atoms with Crippen LogP contribution in [-0.4, -0.2) is 33.9 Å². The van der Waals surface area contributed by atoms with Gasteiger partial charge >= 0.3 is 0 Å². The van der Waals surface area contributed by atoms with Crippen LogP contribution in [0.4, 0.5) is 5.95 Å². The number of aromatic nitrogens is 2. The molecule has 0 spiro atoms. The number of hydrogen-bond donors (Lipinski definition) is 2. The molecule has 0 aliphatic carbocycles. The average Bonchev–Trinajstić information content (AvgIpc) is 2.39. The Morgan fingerprint density at radius 3 is 2.45 bits per heavy atom. The fraction of sp³-hybridized carbons (Fsp3) is 0.533. The monoisotopic (exact) mass is 276 g/mol. The van der Waals surface area contributed by atoms with Gasteiger partial charge in [-0.1, -0.05) is 13.8 Å². The van der Waals surface area contributed by atoms with E-state index in [0.717, 1.165) is 18.8 Å². The maximum Gasteiger partial charge on any atom is 0.225 e. The van der Waals surface area contributed by atoms with Crippen LogP contribution in [0.5, 0.6) is 0 Å². The van der Waals surface area contributed by atoms with Gasteiger partial charge in [0.05, 0.1) is 11.3 Å². The zero-order valence-electron chi connectivity index (χ0n) is 12.9. The number of aliphatic hydroxyl groups is 1. The van der Waals surface area contributed by atoms with Crippen molar-refractivity contribution in [1.82, 2.24) is 9.97 Å². The van der Waals surface area contributed by atoms with Crippen LogP contribution in [0.15, 0.2) is 12.3 Å². The van der Waals surface area contributed by atoms with E-state index in [-0.39, 0.29) is 11.7 Å². The predicted octanol–water partition coefficient (Wildman–Crippen LogP) is 3.38. The average molecular weight is 276 g/mol. The first-order chi connectivity index (χ1) is 9.40. The van der Waals surface area contributed by atoms with E-state index in [2.05, 4.69) is 28.7 Å². The molecular weight excluding hydrogens is 252 g/mol. The van der Waals surface area contributed by atoms with E-state index in [0.29, 0.717) is 17.2 Å². The van der Waals surface area contributed by atoms with Gasteiger partial charge in [-0.15, -0.1) is 0 Å². The van der Waals surface area contributed by atoms with E-state index in [9.17, 15) is 5.11 Å². The lowest BCUT2D eigenvalue weighted by atomic mass is 10.0. The third-order valence-corrected chi connectivity index (χ3v) is 3.03. The SMILES string of the molecule is CCN(CC)c1ncc(/C(O)=C/C(C)=N)c(C(C)C)n1. The molecule has 5 heteroatoms. The highest BCUT2D eigenvalue weighted by Crippen LogP contribution is 2.24. The second-order valence-electron chi connectivity index (χ2n) is 5.01. The van der Waals surface area contributed by atoms with Crippen LogP contribution in [-0.2, 0) is 0 Å². The summed E-state index contributed by atoms with van der Waals surface area (Å²) < 4.78 is 0. The van der Waals surface area contributed by atoms with Gasteiger partial charge in [0.2, 0.25) is 5.95 Å². The van der Waals surface area contributed by atoms with Crippen molar-refractivity contribution in [3.05, 3.63) is 23.5 Å². The molecule has 0 fully saturated rings. The van der Waals surface area contributed by atoms with Crippen molar-refractivity contribution in [2.75, 3.05) is 18.0 Å². The summed E-state index contributed by atoms with van der Waals surface area (Å²) in [4.78, 5) is 11.0. The Hall–Kier alpha value is -1.91. The van der Waals surface area contributed by atoms with Gasteiger partial charge in [-0.2, -0.15) is 0 Å². The summed E-state index contributed by atoms with van der Waals surface area (Å²) in [5, 5.41) is 17.5. The van der Waals surface area contributed by atoms with Crippen molar-refractivity contribution >= 4 is 17.4 Å². The number of hydrogen-bond acceptors (Lipinski definition) is 5. The van der Waals surface area contributed by atoms with Crippen molar-refractivity contribution in [2.45, 2.75) is 40.5 Å². The van der Waals surface area contributed by atoms with Crippen LogP contribution in [0.2, 0.25) is 0 Å². The molecule has 0 saturated heterocycles. The third kappa shape index (κ3) is 3.79.